The summed E-state index contributed by atoms with van der Waals surface area (Å²) in [6, 6.07) is 20.6. The summed E-state index contributed by atoms with van der Waals surface area (Å²) in [5.74, 6) is 1.40. The molecule has 10 heteroatoms. The van der Waals surface area contributed by atoms with Gasteiger partial charge >= 0.3 is 11.3 Å². The summed E-state index contributed by atoms with van der Waals surface area (Å²) in [7, 11) is 1.54. The molecule has 0 fully saturated rings. The van der Waals surface area contributed by atoms with Crippen molar-refractivity contribution in [3.63, 3.8) is 0 Å². The standard InChI is InChI=1S/C30H29ClN4O4S/c1-4-5-15-40-30-32-28(37)26-22-13-9-10-14-24(22)34(19(2)36)29(35(26)33-30)21-16-23(31)27(25(17-21)38-3)39-18-20-11-7-6-8-12-20/h6-14,16-17,29H,4-5,15,18H2,1-3H3/p+1/t29-/m0/s1. The first kappa shape index (κ1) is 27.7. The molecule has 1 aliphatic heterocycles. The fraction of sp³-hybridized carbons (Fsp3) is 0.267. The lowest BCUT2D eigenvalue weighted by Gasteiger charge is -2.31. The summed E-state index contributed by atoms with van der Waals surface area (Å²) in [6.07, 6.45) is 1.23. The SMILES string of the molecule is CCCCSc1n[n+]2c(c(=O)[nH]1)-c1ccccc1N(C(C)=O)[C@@H]2c1cc(Cl)c(OCc2ccccc2)c(OC)c1. The third kappa shape index (κ3) is 5.44. The molecule has 5 rings (SSSR count). The van der Waals surface area contributed by atoms with Crippen LogP contribution in [-0.4, -0.2) is 28.9 Å². The molecule has 4 aromatic rings. The van der Waals surface area contributed by atoms with E-state index in [2.05, 4.69) is 11.9 Å². The van der Waals surface area contributed by atoms with Crippen LogP contribution in [0, 0.1) is 0 Å². The topological polar surface area (TPSA) is 88.4 Å². The molecule has 0 saturated heterocycles. The maximum Gasteiger partial charge on any atom is 0.325 e. The van der Waals surface area contributed by atoms with Gasteiger partial charge in [-0.15, -0.1) is 0 Å². The van der Waals surface area contributed by atoms with Gasteiger partial charge < -0.3 is 9.47 Å². The lowest BCUT2D eigenvalue weighted by Crippen LogP contribution is -2.60. The molecule has 0 bridgehead atoms. The van der Waals surface area contributed by atoms with E-state index >= 15 is 0 Å². The highest BCUT2D eigenvalue weighted by Gasteiger charge is 2.45. The van der Waals surface area contributed by atoms with Gasteiger partial charge in [-0.25, -0.2) is 4.90 Å². The van der Waals surface area contributed by atoms with Gasteiger partial charge in [0, 0.05) is 17.8 Å². The van der Waals surface area contributed by atoms with Gasteiger partial charge in [0.2, 0.25) is 11.1 Å². The predicted octanol–water partition coefficient (Wildman–Crippen LogP) is 5.77. The second-order valence-corrected chi connectivity index (χ2v) is 10.8. The number of halogens is 1. The highest BCUT2D eigenvalue weighted by atomic mass is 35.5. The van der Waals surface area contributed by atoms with Crippen molar-refractivity contribution >= 4 is 35.0 Å². The lowest BCUT2D eigenvalue weighted by atomic mass is 10.0. The highest BCUT2D eigenvalue weighted by Crippen LogP contribution is 2.42. The van der Waals surface area contributed by atoms with E-state index in [9.17, 15) is 9.59 Å². The number of fused-ring (bicyclic) bond motifs is 3. The number of H-pyrrole nitrogens is 1. The number of thioether (sulfide) groups is 1. The number of benzene rings is 3. The van der Waals surface area contributed by atoms with Crippen molar-refractivity contribution < 1.29 is 19.0 Å². The third-order valence-electron chi connectivity index (χ3n) is 6.61. The van der Waals surface area contributed by atoms with Crippen molar-refractivity contribution in [1.82, 2.24) is 10.1 Å². The molecule has 0 spiro atoms. The Morgan fingerprint density at radius 3 is 2.62 bits per heavy atom. The largest absolute Gasteiger partial charge is 0.493 e. The summed E-state index contributed by atoms with van der Waals surface area (Å²) in [4.78, 5) is 31.3. The molecule has 0 saturated carbocycles. The molecule has 1 aliphatic rings. The summed E-state index contributed by atoms with van der Waals surface area (Å²) >= 11 is 8.27. The number of aromatic amines is 1. The number of methoxy groups -OCH3 is 1. The van der Waals surface area contributed by atoms with Gasteiger partial charge in [0.05, 0.1) is 28.9 Å². The van der Waals surface area contributed by atoms with Crippen LogP contribution in [0.25, 0.3) is 11.3 Å². The molecule has 1 amide bonds. The van der Waals surface area contributed by atoms with Gasteiger partial charge in [-0.3, -0.25) is 14.6 Å². The van der Waals surface area contributed by atoms with Crippen LogP contribution in [0.1, 0.15) is 44.0 Å². The lowest BCUT2D eigenvalue weighted by molar-refractivity contribution is -0.763. The number of carbonyl (C=O) groups excluding carboxylic acids is 1. The minimum atomic E-state index is -0.787. The average molecular weight is 578 g/mol. The quantitative estimate of drug-likeness (QED) is 0.154. The van der Waals surface area contributed by atoms with Crippen molar-refractivity contribution in [2.45, 2.75) is 44.6 Å². The van der Waals surface area contributed by atoms with E-state index < -0.39 is 6.17 Å². The smallest absolute Gasteiger partial charge is 0.325 e. The molecule has 206 valence electrons. The Kier molecular flexibility index (Phi) is 8.42. The fourth-order valence-electron chi connectivity index (χ4n) is 4.75. The van der Waals surface area contributed by atoms with Gasteiger partial charge in [-0.05, 0) is 40.9 Å². The molecule has 8 nitrogen and oxygen atoms in total. The summed E-state index contributed by atoms with van der Waals surface area (Å²) < 4.78 is 13.4. The Labute approximate surface area is 241 Å². The Bertz CT molecular complexity index is 1590. The van der Waals surface area contributed by atoms with Crippen LogP contribution in [0.3, 0.4) is 0 Å². The zero-order valence-corrected chi connectivity index (χ0v) is 24.1. The predicted molar refractivity (Wildman–Crippen MR) is 156 cm³/mol. The number of unbranched alkanes of at least 4 members (excludes halogenated alkanes) is 1. The van der Waals surface area contributed by atoms with Crippen LogP contribution in [0.15, 0.2) is 76.7 Å². The molecule has 0 unspecified atom stereocenters. The van der Waals surface area contributed by atoms with Crippen LogP contribution in [0.4, 0.5) is 5.69 Å². The number of amides is 1. The monoisotopic (exact) mass is 577 g/mol. The van der Waals surface area contributed by atoms with Gasteiger partial charge in [0.1, 0.15) is 6.61 Å². The van der Waals surface area contributed by atoms with E-state index in [1.54, 1.807) is 21.7 Å². The molecule has 1 atom stereocenters. The number of nitrogens with one attached hydrogen (secondary N) is 1. The number of para-hydroxylation sites is 1. The molecular weight excluding hydrogens is 548 g/mol. The van der Waals surface area contributed by atoms with Crippen molar-refractivity contribution in [3.05, 3.63) is 93.2 Å². The molecule has 1 N–H and O–H groups in total. The average Bonchev–Trinajstić information content (AvgIpc) is 2.95. The molecule has 0 radical (unpaired) electrons. The van der Waals surface area contributed by atoms with Crippen molar-refractivity contribution in [2.24, 2.45) is 0 Å². The second kappa shape index (κ2) is 12.1. The van der Waals surface area contributed by atoms with Gasteiger partial charge in [-0.2, -0.15) is 0 Å². The van der Waals surface area contributed by atoms with E-state index in [1.807, 2.05) is 54.6 Å². The van der Waals surface area contributed by atoms with E-state index in [4.69, 9.17) is 26.2 Å². The zero-order chi connectivity index (χ0) is 28.2. The first-order valence-electron chi connectivity index (χ1n) is 13.0. The Morgan fingerprint density at radius 2 is 1.90 bits per heavy atom. The van der Waals surface area contributed by atoms with Crippen LogP contribution in [-0.2, 0) is 11.4 Å². The minimum Gasteiger partial charge on any atom is -0.493 e. The Balaban J connectivity index is 1.65. The van der Waals surface area contributed by atoms with Crippen LogP contribution in [0.2, 0.25) is 5.02 Å². The fourth-order valence-corrected chi connectivity index (χ4v) is 5.96. The normalized spacial score (nSPS) is 13.9. The third-order valence-corrected chi connectivity index (χ3v) is 7.84. The Morgan fingerprint density at radius 1 is 1.15 bits per heavy atom. The summed E-state index contributed by atoms with van der Waals surface area (Å²) in [5, 5.41) is 5.63. The Hall–Kier alpha value is -3.82. The van der Waals surface area contributed by atoms with Crippen molar-refractivity contribution in [2.75, 3.05) is 17.8 Å². The van der Waals surface area contributed by atoms with E-state index in [0.717, 1.165) is 24.2 Å². The van der Waals surface area contributed by atoms with Crippen LogP contribution < -0.4 is 24.6 Å². The summed E-state index contributed by atoms with van der Waals surface area (Å²) in [5.41, 5.74) is 2.91. The van der Waals surface area contributed by atoms with E-state index in [-0.39, 0.29) is 11.5 Å². The van der Waals surface area contributed by atoms with Crippen LogP contribution >= 0.6 is 23.4 Å². The molecule has 2 heterocycles. The number of ether oxygens (including phenoxy) is 2. The highest BCUT2D eigenvalue weighted by molar-refractivity contribution is 7.99. The maximum atomic E-state index is 13.5. The van der Waals surface area contributed by atoms with Crippen molar-refractivity contribution in [1.29, 1.82) is 0 Å². The second-order valence-electron chi connectivity index (χ2n) is 9.34. The minimum absolute atomic E-state index is 0.211. The van der Waals surface area contributed by atoms with Gasteiger partial charge in [-0.1, -0.05) is 79.2 Å². The van der Waals surface area contributed by atoms with Crippen molar-refractivity contribution in [3.8, 4) is 22.8 Å². The molecule has 3 aromatic carbocycles. The van der Waals surface area contributed by atoms with E-state index in [1.165, 1.54) is 25.8 Å². The maximum absolute atomic E-state index is 13.5. The first-order valence-corrected chi connectivity index (χ1v) is 14.4. The number of aromatic nitrogens is 3. The number of hydrogen-bond donors (Lipinski definition) is 1. The van der Waals surface area contributed by atoms with Gasteiger partial charge in [0.25, 0.3) is 6.17 Å². The number of rotatable bonds is 9. The number of carbonyl (C=O) groups is 1. The van der Waals surface area contributed by atoms with Gasteiger partial charge in [0.15, 0.2) is 11.5 Å². The first-order chi connectivity index (χ1) is 19.4. The molecular formula is C30H30ClN4O4S+. The molecule has 40 heavy (non-hydrogen) atoms. The molecule has 1 aromatic heterocycles. The molecule has 0 aliphatic carbocycles. The zero-order valence-electron chi connectivity index (χ0n) is 22.5. The summed E-state index contributed by atoms with van der Waals surface area (Å²) in [6.45, 7) is 3.91. The van der Waals surface area contributed by atoms with E-state index in [0.29, 0.717) is 50.8 Å². The number of anilines is 1. The number of nitrogens with zero attached hydrogens (tertiary/aromatic N) is 3. The number of hydrogen-bond acceptors (Lipinski definition) is 6. The van der Waals surface area contributed by atoms with Crippen LogP contribution in [0.5, 0.6) is 11.5 Å².